The van der Waals surface area contributed by atoms with Crippen LogP contribution in [0.15, 0.2) is 34.1 Å². The maximum atomic E-state index is 11.1. The Morgan fingerprint density at radius 1 is 1.21 bits per heavy atom. The molecule has 6 heteroatoms. The van der Waals surface area contributed by atoms with Gasteiger partial charge in [0.05, 0.1) is 24.0 Å². The molecule has 0 spiro atoms. The van der Waals surface area contributed by atoms with E-state index in [1.54, 1.807) is 12.1 Å². The van der Waals surface area contributed by atoms with Crippen LogP contribution in [0.3, 0.4) is 0 Å². The average Bonchev–Trinajstić information content (AvgIpc) is 2.14. The van der Waals surface area contributed by atoms with Crippen LogP contribution in [-0.2, 0) is 19.1 Å². The average molecular weight is 234 g/mol. The zero-order chi connectivity index (χ0) is 10.6. The van der Waals surface area contributed by atoms with Crippen molar-refractivity contribution in [3.8, 4) is 0 Å². The zero-order valence-electron chi connectivity index (χ0n) is 7.76. The third kappa shape index (κ3) is 3.30. The normalized spacial score (nSPS) is 11.6. The van der Waals surface area contributed by atoms with E-state index in [0.717, 1.165) is 16.9 Å². The van der Waals surface area contributed by atoms with Gasteiger partial charge in [0.2, 0.25) is 0 Å². The van der Waals surface area contributed by atoms with Crippen LogP contribution in [-0.4, -0.2) is 21.8 Å². The van der Waals surface area contributed by atoms with Crippen LogP contribution in [0.1, 0.15) is 0 Å². The Morgan fingerprint density at radius 2 is 1.79 bits per heavy atom. The van der Waals surface area contributed by atoms with Gasteiger partial charge in [-0.2, -0.15) is 4.33 Å². The maximum Gasteiger partial charge on any atom is 0.175 e. The molecule has 0 aromatic heterocycles. The molecule has 0 radical (unpaired) electrons. The Morgan fingerprint density at radius 3 is 2.21 bits per heavy atom. The number of benzene rings is 1. The topological polar surface area (TPSA) is 52.6 Å². The lowest BCUT2D eigenvalue weighted by Gasteiger charge is -2.00. The molecule has 14 heavy (non-hydrogen) atoms. The van der Waals surface area contributed by atoms with Crippen molar-refractivity contribution in [1.29, 1.82) is 0 Å². The van der Waals surface area contributed by atoms with Crippen LogP contribution in [0, 0.1) is 0 Å². The largest absolute Gasteiger partial charge is 0.227 e. The molecule has 0 bridgehead atoms. The summed E-state index contributed by atoms with van der Waals surface area (Å²) in [6.45, 7) is 0. The Balaban J connectivity index is 2.79. The lowest BCUT2D eigenvalue weighted by Crippen LogP contribution is -1.95. The second-order valence-corrected chi connectivity index (χ2v) is 5.35. The van der Waals surface area contributed by atoms with E-state index in [4.69, 9.17) is 0 Å². The molecule has 1 aromatic rings. The van der Waals surface area contributed by atoms with E-state index in [-0.39, 0.29) is 0 Å². The molecule has 78 valence electrons. The van der Waals surface area contributed by atoms with Crippen molar-refractivity contribution < 1.29 is 17.6 Å². The van der Waals surface area contributed by atoms with Gasteiger partial charge < -0.3 is 0 Å². The molecule has 0 atom stereocenters. The molecular weight excluding hydrogens is 224 g/mol. The highest BCUT2D eigenvalue weighted by atomic mass is 32.2. The van der Waals surface area contributed by atoms with Crippen LogP contribution < -0.4 is 0 Å². The second-order valence-electron chi connectivity index (χ2n) is 2.56. The summed E-state index contributed by atoms with van der Waals surface area (Å²) in [4.78, 5) is 5.46. The summed E-state index contributed by atoms with van der Waals surface area (Å²) in [7, 11) is -1.72. The van der Waals surface area contributed by atoms with Gasteiger partial charge in [-0.25, -0.2) is 13.3 Å². The Bertz CT molecular complexity index is 382. The van der Waals surface area contributed by atoms with Crippen molar-refractivity contribution >= 4 is 21.9 Å². The van der Waals surface area contributed by atoms with E-state index in [9.17, 15) is 8.42 Å². The van der Waals surface area contributed by atoms with Gasteiger partial charge in [-0.3, -0.25) is 0 Å². The Labute approximate surface area is 87.3 Å². The highest BCUT2D eigenvalue weighted by Crippen LogP contribution is 2.20. The second kappa shape index (κ2) is 4.79. The Kier molecular flexibility index (Phi) is 3.94. The van der Waals surface area contributed by atoms with Gasteiger partial charge in [-0.1, -0.05) is 0 Å². The van der Waals surface area contributed by atoms with Gasteiger partial charge >= 0.3 is 0 Å². The van der Waals surface area contributed by atoms with Crippen molar-refractivity contribution in [2.24, 2.45) is 0 Å². The molecule has 0 aliphatic rings. The molecule has 0 aliphatic heterocycles. The summed E-state index contributed by atoms with van der Waals surface area (Å²) in [6, 6.07) is 6.35. The van der Waals surface area contributed by atoms with Gasteiger partial charge in [-0.15, -0.1) is 0 Å². The molecule has 1 aromatic carbocycles. The van der Waals surface area contributed by atoms with Gasteiger partial charge in [0.15, 0.2) is 9.84 Å². The van der Waals surface area contributed by atoms with Crippen LogP contribution in [0.2, 0.25) is 0 Å². The fourth-order valence-electron chi connectivity index (χ4n) is 0.816. The predicted molar refractivity (Wildman–Crippen MR) is 53.5 cm³/mol. The van der Waals surface area contributed by atoms with Crippen LogP contribution in [0.25, 0.3) is 0 Å². The highest BCUT2D eigenvalue weighted by molar-refractivity contribution is 7.94. The van der Waals surface area contributed by atoms with E-state index in [1.165, 1.54) is 25.5 Å². The summed E-state index contributed by atoms with van der Waals surface area (Å²) in [5.74, 6) is 0. The first-order valence-corrected chi connectivity index (χ1v) is 6.35. The number of sulfone groups is 1. The maximum absolute atomic E-state index is 11.1. The van der Waals surface area contributed by atoms with E-state index in [1.807, 2.05) is 0 Å². The van der Waals surface area contributed by atoms with Crippen molar-refractivity contribution in [2.45, 2.75) is 9.79 Å². The van der Waals surface area contributed by atoms with E-state index < -0.39 is 9.84 Å². The SMILES string of the molecule is COOSc1ccc(S(C)(=O)=O)cc1. The van der Waals surface area contributed by atoms with Crippen molar-refractivity contribution in [1.82, 2.24) is 0 Å². The molecule has 0 unspecified atom stereocenters. The molecule has 0 heterocycles. The van der Waals surface area contributed by atoms with Gasteiger partial charge in [0, 0.05) is 11.2 Å². The van der Waals surface area contributed by atoms with E-state index in [0.29, 0.717) is 4.90 Å². The van der Waals surface area contributed by atoms with Crippen molar-refractivity contribution in [2.75, 3.05) is 13.4 Å². The predicted octanol–water partition coefficient (Wildman–Crippen LogP) is 1.68. The van der Waals surface area contributed by atoms with Crippen molar-refractivity contribution in [3.63, 3.8) is 0 Å². The van der Waals surface area contributed by atoms with Crippen LogP contribution >= 0.6 is 12.0 Å². The molecule has 4 nitrogen and oxygen atoms in total. The first-order chi connectivity index (χ1) is 6.54. The summed E-state index contributed by atoms with van der Waals surface area (Å²) >= 11 is 1.02. The minimum Gasteiger partial charge on any atom is -0.227 e. The summed E-state index contributed by atoms with van der Waals surface area (Å²) in [5, 5.41) is 0. The van der Waals surface area contributed by atoms with E-state index >= 15 is 0 Å². The number of hydrogen-bond acceptors (Lipinski definition) is 5. The molecule has 0 fully saturated rings. The third-order valence-electron chi connectivity index (χ3n) is 1.45. The molecule has 1 rings (SSSR count). The quantitative estimate of drug-likeness (QED) is 0.450. The minimum atomic E-state index is -3.12. The summed E-state index contributed by atoms with van der Waals surface area (Å²) < 4.78 is 26.8. The molecule has 0 N–H and O–H groups in total. The van der Waals surface area contributed by atoms with Crippen molar-refractivity contribution in [3.05, 3.63) is 24.3 Å². The minimum absolute atomic E-state index is 0.291. The Hall–Kier alpha value is -0.560. The zero-order valence-corrected chi connectivity index (χ0v) is 9.39. The molecule has 0 aliphatic carbocycles. The van der Waals surface area contributed by atoms with Gasteiger partial charge in [0.1, 0.15) is 0 Å². The van der Waals surface area contributed by atoms with Crippen LogP contribution in [0.4, 0.5) is 0 Å². The third-order valence-corrected chi connectivity index (χ3v) is 3.25. The van der Waals surface area contributed by atoms with Crippen LogP contribution in [0.5, 0.6) is 0 Å². The molecule has 0 saturated carbocycles. The standard InChI is InChI=1S/C8H10O4S2/c1-11-12-13-7-3-5-8(6-4-7)14(2,9)10/h3-6H,1-2H3. The fourth-order valence-corrected chi connectivity index (χ4v) is 1.84. The summed E-state index contributed by atoms with van der Waals surface area (Å²) in [6.07, 6.45) is 1.17. The molecule has 0 amide bonds. The van der Waals surface area contributed by atoms with Gasteiger partial charge in [0.25, 0.3) is 0 Å². The first kappa shape index (κ1) is 11.5. The monoisotopic (exact) mass is 234 g/mol. The molecular formula is C8H10O4S2. The lowest BCUT2D eigenvalue weighted by molar-refractivity contribution is -0.160. The number of rotatable bonds is 4. The number of hydrogen-bond donors (Lipinski definition) is 0. The van der Waals surface area contributed by atoms with Gasteiger partial charge in [-0.05, 0) is 24.3 Å². The fraction of sp³-hybridized carbons (Fsp3) is 0.250. The van der Waals surface area contributed by atoms with E-state index in [2.05, 4.69) is 9.22 Å². The smallest absolute Gasteiger partial charge is 0.175 e. The molecule has 0 saturated heterocycles. The summed E-state index contributed by atoms with van der Waals surface area (Å²) in [5.41, 5.74) is 0. The lowest BCUT2D eigenvalue weighted by atomic mass is 10.4. The highest BCUT2D eigenvalue weighted by Gasteiger charge is 2.06. The first-order valence-electron chi connectivity index (χ1n) is 3.71.